The molecular formula is C37H50N16O2. The van der Waals surface area contributed by atoms with E-state index >= 15 is 0 Å². The summed E-state index contributed by atoms with van der Waals surface area (Å²) in [4.78, 5) is 36.7. The van der Waals surface area contributed by atoms with Crippen molar-refractivity contribution in [2.45, 2.75) is 58.5 Å². The van der Waals surface area contributed by atoms with Crippen molar-refractivity contribution < 1.29 is 9.53 Å². The fourth-order valence-electron chi connectivity index (χ4n) is 5.43. The Morgan fingerprint density at radius 1 is 0.818 bits per heavy atom. The normalized spacial score (nSPS) is 13.2. The summed E-state index contributed by atoms with van der Waals surface area (Å²) in [5.41, 5.74) is 20.5. The average Bonchev–Trinajstić information content (AvgIpc) is 3.18. The van der Waals surface area contributed by atoms with Crippen molar-refractivity contribution in [1.82, 2.24) is 35.2 Å². The summed E-state index contributed by atoms with van der Waals surface area (Å²) in [7, 11) is 0. The van der Waals surface area contributed by atoms with Crippen LogP contribution >= 0.6 is 0 Å². The molecule has 55 heavy (non-hydrogen) atoms. The topological polar surface area (TPSA) is 289 Å². The Balaban J connectivity index is 0.000000252. The van der Waals surface area contributed by atoms with Crippen LogP contribution in [0.25, 0.3) is 0 Å². The molecule has 1 aliphatic rings. The van der Waals surface area contributed by atoms with Gasteiger partial charge in [0.2, 0.25) is 0 Å². The number of ether oxygens (including phenoxy) is 1. The van der Waals surface area contributed by atoms with E-state index in [1.807, 2.05) is 39.0 Å². The van der Waals surface area contributed by atoms with Gasteiger partial charge in [-0.25, -0.2) is 29.9 Å². The number of carbonyl (C=O) groups is 1. The maximum Gasteiger partial charge on any atom is 0.306 e. The number of nitrogens with zero attached hydrogens (tertiary/aromatic N) is 8. The first-order valence-electron chi connectivity index (χ1n) is 18.0. The van der Waals surface area contributed by atoms with E-state index in [-0.39, 0.29) is 23.3 Å². The lowest BCUT2D eigenvalue weighted by molar-refractivity contribution is -0.155. The van der Waals surface area contributed by atoms with E-state index in [2.05, 4.69) is 56.5 Å². The lowest BCUT2D eigenvalue weighted by atomic mass is 9.98. The van der Waals surface area contributed by atoms with Crippen LogP contribution in [-0.2, 0) is 9.53 Å². The number of nitrogens with two attached hydrogens (primary N) is 3. The number of carbonyl (C=O) groups excluding carboxylic acids is 1. The highest BCUT2D eigenvalue weighted by atomic mass is 16.6. The predicted octanol–water partition coefficient (Wildman–Crippen LogP) is 4.05. The maximum absolute atomic E-state index is 12.0. The molecule has 0 aromatic carbocycles. The molecule has 0 amide bonds. The largest absolute Gasteiger partial charge is 0.460 e. The van der Waals surface area contributed by atoms with Crippen molar-refractivity contribution in [2.24, 2.45) is 17.6 Å². The third-order valence-electron chi connectivity index (χ3n) is 8.29. The molecule has 290 valence electrons. The lowest BCUT2D eigenvalue weighted by Gasteiger charge is -2.23. The van der Waals surface area contributed by atoms with Gasteiger partial charge < -0.3 is 48.5 Å². The molecule has 4 aromatic rings. The zero-order valence-electron chi connectivity index (χ0n) is 31.5. The fourth-order valence-corrected chi connectivity index (χ4v) is 5.43. The Hall–Kier alpha value is -6.37. The van der Waals surface area contributed by atoms with E-state index in [1.165, 1.54) is 37.6 Å². The van der Waals surface area contributed by atoms with Crippen molar-refractivity contribution >= 4 is 52.0 Å². The van der Waals surface area contributed by atoms with E-state index in [1.54, 1.807) is 18.5 Å². The Bertz CT molecular complexity index is 1900. The lowest BCUT2D eigenvalue weighted by Crippen LogP contribution is -2.31. The van der Waals surface area contributed by atoms with Crippen LogP contribution in [0, 0.1) is 34.5 Å². The Morgan fingerprint density at radius 3 is 1.82 bits per heavy atom. The second-order valence-electron chi connectivity index (χ2n) is 13.9. The number of pyridine rings is 2. The van der Waals surface area contributed by atoms with Crippen LogP contribution in [0.4, 0.5) is 46.0 Å². The second kappa shape index (κ2) is 20.8. The van der Waals surface area contributed by atoms with Crippen LogP contribution in [0.5, 0.6) is 0 Å². The number of piperidine rings is 1. The van der Waals surface area contributed by atoms with Crippen LogP contribution < -0.4 is 43.8 Å². The maximum atomic E-state index is 12.0. The van der Waals surface area contributed by atoms with Crippen molar-refractivity contribution in [3.63, 3.8) is 0 Å². The van der Waals surface area contributed by atoms with Crippen LogP contribution in [0.15, 0.2) is 49.3 Å². The standard InChI is InChI=1S/C21H30N8O2.C16H20N8/c1-21(2,3)31-20(30)5-4-14(6-7-22)10-26-17-8-18(28-12-16(17)24)29-19-13-25-15(9-23)11-27-19;17-6-12-8-22-16(10-20-12)24-15-5-14(13(18)9-23-15)21-7-11-1-3-19-4-2-11/h8,11-14H,4-7,10,22,24H2,1-3H3,(H2,26,27,28,29);5,8-11,19H,1-4,7,18H2,(H2,21,22,23,24). The second-order valence-corrected chi connectivity index (χ2v) is 13.9. The molecule has 1 atom stereocenters. The third-order valence-corrected chi connectivity index (χ3v) is 8.29. The summed E-state index contributed by atoms with van der Waals surface area (Å²) in [6, 6.07) is 7.48. The van der Waals surface area contributed by atoms with Crippen molar-refractivity contribution in [1.29, 1.82) is 10.5 Å². The molecule has 0 bridgehead atoms. The van der Waals surface area contributed by atoms with Crippen LogP contribution in [0.1, 0.15) is 64.3 Å². The first kappa shape index (κ1) is 41.4. The van der Waals surface area contributed by atoms with Gasteiger partial charge in [0, 0.05) is 31.6 Å². The SMILES string of the molecule is CC(C)(C)OC(=O)CCC(CCN)CNc1cc(Nc2cnc(C#N)cn2)ncc1N.N#Cc1cnc(Nc2cc(NCC3CCNCC3)c(N)cn2)cn1. The summed E-state index contributed by atoms with van der Waals surface area (Å²) >= 11 is 0. The molecule has 0 spiro atoms. The molecule has 0 saturated carbocycles. The Kier molecular flexibility index (Phi) is 15.6. The molecule has 18 heteroatoms. The Morgan fingerprint density at radius 2 is 1.35 bits per heavy atom. The minimum absolute atomic E-state index is 0.186. The number of esters is 1. The van der Waals surface area contributed by atoms with Gasteiger partial charge in [0.05, 0.1) is 59.9 Å². The zero-order valence-corrected chi connectivity index (χ0v) is 31.5. The number of anilines is 8. The predicted molar refractivity (Wildman–Crippen MR) is 212 cm³/mol. The van der Waals surface area contributed by atoms with Gasteiger partial charge in [-0.1, -0.05) is 0 Å². The molecular weight excluding hydrogens is 701 g/mol. The highest BCUT2D eigenvalue weighted by Gasteiger charge is 2.19. The van der Waals surface area contributed by atoms with E-state index in [0.29, 0.717) is 72.2 Å². The first-order valence-corrected chi connectivity index (χ1v) is 18.0. The van der Waals surface area contributed by atoms with E-state index in [0.717, 1.165) is 31.7 Å². The number of nitrogens with one attached hydrogen (secondary N) is 5. The fraction of sp³-hybridized carbons (Fsp3) is 0.432. The summed E-state index contributed by atoms with van der Waals surface area (Å²) in [6.07, 6.45) is 13.0. The minimum atomic E-state index is -0.493. The monoisotopic (exact) mass is 750 g/mol. The molecule has 11 N–H and O–H groups in total. The van der Waals surface area contributed by atoms with Crippen LogP contribution in [0.3, 0.4) is 0 Å². The van der Waals surface area contributed by atoms with Crippen molar-refractivity contribution in [2.75, 3.05) is 65.5 Å². The molecule has 18 nitrogen and oxygen atoms in total. The van der Waals surface area contributed by atoms with Gasteiger partial charge in [-0.2, -0.15) is 10.5 Å². The summed E-state index contributed by atoms with van der Waals surface area (Å²) < 4.78 is 5.38. The highest BCUT2D eigenvalue weighted by Crippen LogP contribution is 2.25. The summed E-state index contributed by atoms with van der Waals surface area (Å²) in [6.45, 7) is 9.72. The molecule has 1 fully saturated rings. The third kappa shape index (κ3) is 14.5. The number of hydrogen-bond donors (Lipinski definition) is 8. The van der Waals surface area contributed by atoms with Gasteiger partial charge in [-0.15, -0.1) is 0 Å². The molecule has 5 heterocycles. The number of nitriles is 2. The van der Waals surface area contributed by atoms with Crippen LogP contribution in [0.2, 0.25) is 0 Å². The van der Waals surface area contributed by atoms with E-state index in [4.69, 9.17) is 32.5 Å². The van der Waals surface area contributed by atoms with E-state index in [9.17, 15) is 4.79 Å². The summed E-state index contributed by atoms with van der Waals surface area (Å²) in [5, 5.41) is 33.7. The zero-order chi connectivity index (χ0) is 39.6. The van der Waals surface area contributed by atoms with Crippen molar-refractivity contribution in [3.05, 3.63) is 60.7 Å². The van der Waals surface area contributed by atoms with E-state index < -0.39 is 5.60 Å². The average molecular weight is 751 g/mol. The summed E-state index contributed by atoms with van der Waals surface area (Å²) in [5.74, 6) is 2.76. The quantitative estimate of drug-likeness (QED) is 0.0795. The number of nitrogen functional groups attached to an aromatic ring is 2. The smallest absolute Gasteiger partial charge is 0.306 e. The number of aromatic nitrogens is 6. The molecule has 5 rings (SSSR count). The number of hydrogen-bond acceptors (Lipinski definition) is 18. The van der Waals surface area contributed by atoms with Gasteiger partial charge >= 0.3 is 5.97 Å². The van der Waals surface area contributed by atoms with Crippen molar-refractivity contribution in [3.8, 4) is 12.1 Å². The molecule has 1 unspecified atom stereocenters. The first-order chi connectivity index (χ1) is 26.4. The highest BCUT2D eigenvalue weighted by molar-refractivity contribution is 5.72. The molecule has 0 aliphatic carbocycles. The minimum Gasteiger partial charge on any atom is -0.460 e. The molecule has 0 radical (unpaired) electrons. The van der Waals surface area contributed by atoms with Crippen LogP contribution in [-0.4, -0.2) is 74.2 Å². The van der Waals surface area contributed by atoms with Gasteiger partial charge in [-0.3, -0.25) is 4.79 Å². The number of rotatable bonds is 15. The Labute approximate surface area is 321 Å². The molecule has 1 saturated heterocycles. The van der Waals surface area contributed by atoms with Gasteiger partial charge in [0.1, 0.15) is 41.0 Å². The molecule has 1 aliphatic heterocycles. The van der Waals surface area contributed by atoms with Gasteiger partial charge in [0.15, 0.2) is 11.4 Å². The van der Waals surface area contributed by atoms with Gasteiger partial charge in [-0.05, 0) is 77.9 Å². The molecule has 4 aromatic heterocycles. The van der Waals surface area contributed by atoms with Gasteiger partial charge in [0.25, 0.3) is 0 Å².